The van der Waals surface area contributed by atoms with Gasteiger partial charge in [0, 0.05) is 11.3 Å². The molecule has 2 aliphatic carbocycles. The number of hydrogen-bond donors (Lipinski definition) is 0. The Kier molecular flexibility index (Phi) is 7.97. The lowest BCUT2D eigenvalue weighted by Crippen LogP contribution is -2.23. The molecule has 0 amide bonds. The van der Waals surface area contributed by atoms with Gasteiger partial charge in [-0.1, -0.05) is 171 Å². The maximum atomic E-state index is 2.46. The molecule has 39 heavy (non-hydrogen) atoms. The van der Waals surface area contributed by atoms with Crippen LogP contribution in [0.1, 0.15) is 6.92 Å². The molecule has 6 rings (SSSR count). The van der Waals surface area contributed by atoms with Crippen molar-refractivity contribution in [1.82, 2.24) is 0 Å². The molecule has 0 nitrogen and oxygen atoms in total. The molecule has 0 spiro atoms. The first-order chi connectivity index (χ1) is 19.3. The molecular weight excluding hydrogens is 506 g/mol. The maximum absolute atomic E-state index is 2.46. The number of rotatable bonds is 7. The van der Waals surface area contributed by atoms with E-state index in [-0.39, 0.29) is 0 Å². The van der Waals surface area contributed by atoms with Gasteiger partial charge < -0.3 is 0 Å². The Morgan fingerprint density at radius 1 is 0.538 bits per heavy atom. The molecule has 190 valence electrons. The third-order valence-corrected chi connectivity index (χ3v) is 12.9. The van der Waals surface area contributed by atoms with Crippen LogP contribution in [0.4, 0.5) is 0 Å². The van der Waals surface area contributed by atoms with E-state index < -0.39 is 15.8 Å². The Morgan fingerprint density at radius 2 is 1.03 bits per heavy atom. The lowest BCUT2D eigenvalue weighted by Gasteiger charge is -2.30. The van der Waals surface area contributed by atoms with Crippen molar-refractivity contribution in [3.63, 3.8) is 0 Å². The smallest absolute Gasteiger partial charge is 0.0310 e. The van der Waals surface area contributed by atoms with Crippen LogP contribution in [0.5, 0.6) is 0 Å². The third-order valence-electron chi connectivity index (χ3n) is 7.40. The van der Waals surface area contributed by atoms with Gasteiger partial charge in [-0.2, -0.15) is 0 Å². The van der Waals surface area contributed by atoms with Crippen LogP contribution in [-0.4, -0.2) is 11.3 Å². The molecule has 0 saturated carbocycles. The van der Waals surface area contributed by atoms with E-state index in [1.54, 1.807) is 0 Å². The molecule has 0 aromatic heterocycles. The van der Waals surface area contributed by atoms with Gasteiger partial charge in [-0.05, 0) is 53.8 Å². The summed E-state index contributed by atoms with van der Waals surface area (Å²) in [5, 5.41) is 5.68. The zero-order chi connectivity index (χ0) is 26.4. The van der Waals surface area contributed by atoms with E-state index in [1.807, 2.05) is 0 Å². The molecule has 0 bridgehead atoms. The summed E-state index contributed by atoms with van der Waals surface area (Å²) in [5.41, 5.74) is 4.91. The summed E-state index contributed by atoms with van der Waals surface area (Å²) in [4.78, 5) is 0. The molecule has 0 fully saturated rings. The highest BCUT2D eigenvalue weighted by Crippen LogP contribution is 2.48. The first-order valence-electron chi connectivity index (χ1n) is 13.6. The van der Waals surface area contributed by atoms with Crippen molar-refractivity contribution >= 4 is 37.1 Å². The van der Waals surface area contributed by atoms with Crippen LogP contribution in [-0.2, 0) is 0 Å². The molecule has 0 radical (unpaired) electrons. The van der Waals surface area contributed by atoms with Gasteiger partial charge in [0.15, 0.2) is 0 Å². The summed E-state index contributed by atoms with van der Waals surface area (Å²) in [6.07, 6.45) is 16.4. The van der Waals surface area contributed by atoms with Crippen LogP contribution in [0.2, 0.25) is 0 Å². The van der Waals surface area contributed by atoms with E-state index in [4.69, 9.17) is 0 Å². The molecule has 1 unspecified atom stereocenters. The summed E-state index contributed by atoms with van der Waals surface area (Å²) < 4.78 is 0. The summed E-state index contributed by atoms with van der Waals surface area (Å²) in [5.74, 6) is 0. The minimum atomic E-state index is -0.594. The second kappa shape index (κ2) is 12.1. The van der Waals surface area contributed by atoms with Crippen LogP contribution in [0, 0.1) is 0 Å². The molecule has 0 heterocycles. The molecule has 0 saturated heterocycles. The van der Waals surface area contributed by atoms with Crippen LogP contribution >= 0.6 is 15.8 Å². The predicted octanol–water partition coefficient (Wildman–Crippen LogP) is 7.93. The van der Waals surface area contributed by atoms with E-state index >= 15 is 0 Å². The quantitative estimate of drug-likeness (QED) is 0.210. The van der Waals surface area contributed by atoms with E-state index in [2.05, 4.69) is 171 Å². The SMILES string of the molecule is C[C@H](C1=C/C(=C2\C=CC=CC2P(c2ccccc2)c2ccccc2)C=C1)P(c1ccccc1)c1ccccc1. The van der Waals surface area contributed by atoms with Crippen molar-refractivity contribution in [2.24, 2.45) is 0 Å². The molecule has 2 atom stereocenters. The van der Waals surface area contributed by atoms with Crippen molar-refractivity contribution in [1.29, 1.82) is 0 Å². The normalized spacial score (nSPS) is 19.1. The molecule has 2 aliphatic rings. The lowest BCUT2D eigenvalue weighted by atomic mass is 10.0. The zero-order valence-corrected chi connectivity index (χ0v) is 23.9. The Labute approximate surface area is 235 Å². The van der Waals surface area contributed by atoms with Gasteiger partial charge in [0.05, 0.1) is 0 Å². The summed E-state index contributed by atoms with van der Waals surface area (Å²) in [7, 11) is -1.12. The molecule has 4 aromatic carbocycles. The average molecular weight is 539 g/mol. The Bertz CT molecular complexity index is 1470. The minimum absolute atomic E-state index is 0.324. The van der Waals surface area contributed by atoms with Crippen LogP contribution in [0.3, 0.4) is 0 Å². The van der Waals surface area contributed by atoms with Gasteiger partial charge in [-0.15, -0.1) is 0 Å². The van der Waals surface area contributed by atoms with Crippen molar-refractivity contribution < 1.29 is 0 Å². The fourth-order valence-corrected chi connectivity index (χ4v) is 10.8. The minimum Gasteiger partial charge on any atom is -0.0721 e. The maximum Gasteiger partial charge on any atom is 0.0310 e. The van der Waals surface area contributed by atoms with Crippen molar-refractivity contribution in [3.05, 3.63) is 181 Å². The molecule has 4 aromatic rings. The summed E-state index contributed by atoms with van der Waals surface area (Å²) >= 11 is 0. The first-order valence-corrected chi connectivity index (χ1v) is 16.4. The number of allylic oxidation sites excluding steroid dienone is 10. The van der Waals surface area contributed by atoms with Crippen LogP contribution in [0.15, 0.2) is 181 Å². The van der Waals surface area contributed by atoms with Gasteiger partial charge in [0.2, 0.25) is 0 Å². The standard InChI is InChI=1S/C37H32P2/c1-29(38(32-16-6-2-7-17-32)33-18-8-3-9-19-33)30-26-27-31(28-30)36-24-14-15-25-37(36)39(34-20-10-4-11-21-34)35-22-12-5-13-23-35/h2-29,37H,1H3/b36-31+/t29-,37?/m1/s1. The summed E-state index contributed by atoms with van der Waals surface area (Å²) in [6.45, 7) is 2.41. The van der Waals surface area contributed by atoms with Gasteiger partial charge >= 0.3 is 0 Å². The van der Waals surface area contributed by atoms with Gasteiger partial charge in [0.25, 0.3) is 0 Å². The highest BCUT2D eigenvalue weighted by molar-refractivity contribution is 7.74. The monoisotopic (exact) mass is 538 g/mol. The largest absolute Gasteiger partial charge is 0.0721 e. The van der Waals surface area contributed by atoms with Crippen LogP contribution < -0.4 is 21.2 Å². The lowest BCUT2D eigenvalue weighted by molar-refractivity contribution is 1.16. The molecule has 0 N–H and O–H groups in total. The molecule has 0 aliphatic heterocycles. The second-order valence-electron chi connectivity index (χ2n) is 9.84. The first kappa shape index (κ1) is 25.7. The van der Waals surface area contributed by atoms with E-state index in [0.29, 0.717) is 11.3 Å². The fraction of sp³-hybridized carbons (Fsp3) is 0.0811. The van der Waals surface area contributed by atoms with Gasteiger partial charge in [-0.3, -0.25) is 0 Å². The molecule has 2 heteroatoms. The fourth-order valence-electron chi connectivity index (χ4n) is 5.49. The number of hydrogen-bond acceptors (Lipinski definition) is 0. The van der Waals surface area contributed by atoms with Crippen molar-refractivity contribution in [3.8, 4) is 0 Å². The van der Waals surface area contributed by atoms with E-state index in [1.165, 1.54) is 37.9 Å². The van der Waals surface area contributed by atoms with E-state index in [9.17, 15) is 0 Å². The highest BCUT2D eigenvalue weighted by atomic mass is 31.1. The van der Waals surface area contributed by atoms with Crippen LogP contribution in [0.25, 0.3) is 0 Å². The molecular formula is C37H32P2. The highest BCUT2D eigenvalue weighted by Gasteiger charge is 2.29. The average Bonchev–Trinajstić information content (AvgIpc) is 3.50. The zero-order valence-electron chi connectivity index (χ0n) is 22.1. The van der Waals surface area contributed by atoms with Gasteiger partial charge in [-0.25, -0.2) is 0 Å². The predicted molar refractivity (Wildman–Crippen MR) is 174 cm³/mol. The van der Waals surface area contributed by atoms with Gasteiger partial charge in [0.1, 0.15) is 0 Å². The van der Waals surface area contributed by atoms with E-state index in [0.717, 1.165) is 0 Å². The van der Waals surface area contributed by atoms with Crippen molar-refractivity contribution in [2.45, 2.75) is 18.2 Å². The topological polar surface area (TPSA) is 0 Å². The Balaban J connectivity index is 1.40. The Hall–Kier alpha value is -3.56. The Morgan fingerprint density at radius 3 is 1.54 bits per heavy atom. The van der Waals surface area contributed by atoms with Crippen molar-refractivity contribution in [2.75, 3.05) is 0 Å². The third kappa shape index (κ3) is 5.60. The summed E-state index contributed by atoms with van der Waals surface area (Å²) in [6, 6.07) is 44.2. The number of benzene rings is 4. The second-order valence-corrected chi connectivity index (χ2v) is 14.7.